The van der Waals surface area contributed by atoms with Crippen molar-refractivity contribution < 1.29 is 9.47 Å². The molecule has 0 saturated carbocycles. The molecule has 4 nitrogen and oxygen atoms in total. The van der Waals surface area contributed by atoms with Crippen molar-refractivity contribution in [2.45, 2.75) is 19.9 Å². The van der Waals surface area contributed by atoms with Gasteiger partial charge in [0, 0.05) is 18.8 Å². The third-order valence-electron chi connectivity index (χ3n) is 3.49. The highest BCUT2D eigenvalue weighted by atomic mass is 16.5. The van der Waals surface area contributed by atoms with Gasteiger partial charge in [-0.2, -0.15) is 0 Å². The van der Waals surface area contributed by atoms with Gasteiger partial charge in [-0.25, -0.2) is 0 Å². The Balaban J connectivity index is 1.91. The van der Waals surface area contributed by atoms with Crippen LogP contribution in [-0.2, 0) is 13.0 Å². The summed E-state index contributed by atoms with van der Waals surface area (Å²) >= 11 is 0. The molecule has 0 bridgehead atoms. The van der Waals surface area contributed by atoms with E-state index >= 15 is 0 Å². The molecule has 2 aromatic rings. The molecule has 0 amide bonds. The van der Waals surface area contributed by atoms with Crippen LogP contribution in [0, 0.1) is 6.92 Å². The number of hydrogen-bond acceptors (Lipinski definition) is 4. The summed E-state index contributed by atoms with van der Waals surface area (Å²) in [4.78, 5) is 4.35. The average Bonchev–Trinajstić information content (AvgIpc) is 2.52. The highest BCUT2D eigenvalue weighted by Gasteiger charge is 2.10. The normalized spacial score (nSPS) is 10.4. The van der Waals surface area contributed by atoms with Crippen LogP contribution in [0.4, 0.5) is 0 Å². The fraction of sp³-hybridized carbons (Fsp3) is 0.353. The first-order valence-electron chi connectivity index (χ1n) is 7.07. The second-order valence-corrected chi connectivity index (χ2v) is 4.85. The summed E-state index contributed by atoms with van der Waals surface area (Å²) < 4.78 is 10.6. The van der Waals surface area contributed by atoms with E-state index < -0.39 is 0 Å². The van der Waals surface area contributed by atoms with Gasteiger partial charge in [-0.3, -0.25) is 4.98 Å². The smallest absolute Gasteiger partial charge is 0.183 e. The lowest BCUT2D eigenvalue weighted by molar-refractivity contribution is 0.348. The summed E-state index contributed by atoms with van der Waals surface area (Å²) in [5, 5.41) is 3.41. The number of aryl methyl sites for hydroxylation is 1. The Hall–Kier alpha value is -2.07. The van der Waals surface area contributed by atoms with Crippen molar-refractivity contribution in [2.24, 2.45) is 0 Å². The SMILES string of the molecule is COc1ccnc(CNCCc2ccccc2C)c1OC. The first-order chi connectivity index (χ1) is 10.3. The van der Waals surface area contributed by atoms with E-state index in [2.05, 4.69) is 41.5 Å². The molecule has 21 heavy (non-hydrogen) atoms. The summed E-state index contributed by atoms with van der Waals surface area (Å²) in [6.45, 7) is 3.70. The van der Waals surface area contributed by atoms with Crippen LogP contribution in [0.2, 0.25) is 0 Å². The lowest BCUT2D eigenvalue weighted by Crippen LogP contribution is -2.18. The molecule has 112 valence electrons. The summed E-state index contributed by atoms with van der Waals surface area (Å²) in [6.07, 6.45) is 2.73. The number of methoxy groups -OCH3 is 2. The zero-order valence-electron chi connectivity index (χ0n) is 12.8. The molecule has 0 fully saturated rings. The van der Waals surface area contributed by atoms with Crippen LogP contribution in [0.15, 0.2) is 36.5 Å². The van der Waals surface area contributed by atoms with Crippen LogP contribution >= 0.6 is 0 Å². The number of pyridine rings is 1. The number of ether oxygens (including phenoxy) is 2. The van der Waals surface area contributed by atoms with Crippen LogP contribution in [0.5, 0.6) is 11.5 Å². The van der Waals surface area contributed by atoms with Gasteiger partial charge in [-0.15, -0.1) is 0 Å². The number of hydrogen-bond donors (Lipinski definition) is 1. The number of benzene rings is 1. The molecule has 0 aliphatic heterocycles. The van der Waals surface area contributed by atoms with Crippen LogP contribution in [0.1, 0.15) is 16.8 Å². The van der Waals surface area contributed by atoms with E-state index in [0.29, 0.717) is 18.0 Å². The minimum absolute atomic E-state index is 0.659. The molecule has 0 spiro atoms. The zero-order chi connectivity index (χ0) is 15.1. The lowest BCUT2D eigenvalue weighted by atomic mass is 10.1. The lowest BCUT2D eigenvalue weighted by Gasteiger charge is -2.12. The second-order valence-electron chi connectivity index (χ2n) is 4.85. The van der Waals surface area contributed by atoms with Crippen molar-refractivity contribution in [1.82, 2.24) is 10.3 Å². The van der Waals surface area contributed by atoms with E-state index in [1.807, 2.05) is 0 Å². The molecule has 0 aliphatic rings. The summed E-state index contributed by atoms with van der Waals surface area (Å²) in [5.41, 5.74) is 3.56. The Labute approximate surface area is 126 Å². The number of nitrogens with one attached hydrogen (secondary N) is 1. The van der Waals surface area contributed by atoms with Crippen molar-refractivity contribution in [3.63, 3.8) is 0 Å². The molecule has 1 heterocycles. The largest absolute Gasteiger partial charge is 0.493 e. The fourth-order valence-electron chi connectivity index (χ4n) is 2.30. The monoisotopic (exact) mass is 286 g/mol. The number of aromatic nitrogens is 1. The maximum Gasteiger partial charge on any atom is 0.183 e. The summed E-state index contributed by atoms with van der Waals surface area (Å²) in [7, 11) is 3.27. The molecule has 0 unspecified atom stereocenters. The Kier molecular flexibility index (Phi) is 5.58. The number of rotatable bonds is 7. The van der Waals surface area contributed by atoms with Crippen LogP contribution in [-0.4, -0.2) is 25.7 Å². The van der Waals surface area contributed by atoms with Gasteiger partial charge in [-0.05, 0) is 31.0 Å². The standard InChI is InChI=1S/C17H22N2O2/c1-13-6-4-5-7-14(13)8-10-18-12-15-17(21-3)16(20-2)9-11-19-15/h4-7,9,11,18H,8,10,12H2,1-3H3. The van der Waals surface area contributed by atoms with Crippen molar-refractivity contribution >= 4 is 0 Å². The first kappa shape index (κ1) is 15.3. The minimum Gasteiger partial charge on any atom is -0.493 e. The van der Waals surface area contributed by atoms with Gasteiger partial charge in [-0.1, -0.05) is 24.3 Å². The van der Waals surface area contributed by atoms with Crippen molar-refractivity contribution in [3.8, 4) is 11.5 Å². The van der Waals surface area contributed by atoms with Gasteiger partial charge >= 0.3 is 0 Å². The van der Waals surface area contributed by atoms with Crippen LogP contribution in [0.3, 0.4) is 0 Å². The Morgan fingerprint density at radius 3 is 2.62 bits per heavy atom. The highest BCUT2D eigenvalue weighted by molar-refractivity contribution is 5.42. The summed E-state index contributed by atoms with van der Waals surface area (Å²) in [6, 6.07) is 10.3. The molecule has 1 N–H and O–H groups in total. The van der Waals surface area contributed by atoms with Crippen LogP contribution in [0.25, 0.3) is 0 Å². The zero-order valence-corrected chi connectivity index (χ0v) is 12.8. The molecular weight excluding hydrogens is 264 g/mol. The van der Waals surface area contributed by atoms with Gasteiger partial charge in [0.25, 0.3) is 0 Å². The van der Waals surface area contributed by atoms with E-state index in [1.165, 1.54) is 11.1 Å². The maximum atomic E-state index is 5.37. The van der Waals surface area contributed by atoms with E-state index in [9.17, 15) is 0 Å². The molecule has 0 atom stereocenters. The molecule has 0 radical (unpaired) electrons. The topological polar surface area (TPSA) is 43.4 Å². The fourth-order valence-corrected chi connectivity index (χ4v) is 2.30. The maximum absolute atomic E-state index is 5.37. The predicted octanol–water partition coefficient (Wildman–Crippen LogP) is 2.74. The molecule has 1 aromatic heterocycles. The van der Waals surface area contributed by atoms with Crippen molar-refractivity contribution in [1.29, 1.82) is 0 Å². The molecule has 0 saturated heterocycles. The Bertz CT molecular complexity index is 585. The Morgan fingerprint density at radius 2 is 1.90 bits per heavy atom. The molecule has 4 heteroatoms. The third kappa shape index (κ3) is 3.95. The van der Waals surface area contributed by atoms with Crippen LogP contribution < -0.4 is 14.8 Å². The minimum atomic E-state index is 0.659. The van der Waals surface area contributed by atoms with Gasteiger partial charge < -0.3 is 14.8 Å². The molecular formula is C17H22N2O2. The highest BCUT2D eigenvalue weighted by Crippen LogP contribution is 2.28. The van der Waals surface area contributed by atoms with E-state index in [1.54, 1.807) is 26.5 Å². The quantitative estimate of drug-likeness (QED) is 0.795. The van der Waals surface area contributed by atoms with E-state index in [4.69, 9.17) is 9.47 Å². The average molecular weight is 286 g/mol. The van der Waals surface area contributed by atoms with E-state index in [0.717, 1.165) is 18.7 Å². The van der Waals surface area contributed by atoms with Gasteiger partial charge in [0.15, 0.2) is 11.5 Å². The number of nitrogens with zero attached hydrogens (tertiary/aromatic N) is 1. The molecule has 1 aromatic carbocycles. The predicted molar refractivity (Wildman–Crippen MR) is 83.9 cm³/mol. The van der Waals surface area contributed by atoms with Gasteiger partial charge in [0.1, 0.15) is 0 Å². The molecule has 0 aliphatic carbocycles. The summed E-state index contributed by atoms with van der Waals surface area (Å²) in [5.74, 6) is 1.41. The third-order valence-corrected chi connectivity index (χ3v) is 3.49. The Morgan fingerprint density at radius 1 is 1.10 bits per heavy atom. The first-order valence-corrected chi connectivity index (χ1v) is 7.07. The van der Waals surface area contributed by atoms with Gasteiger partial charge in [0.2, 0.25) is 0 Å². The van der Waals surface area contributed by atoms with Crippen molar-refractivity contribution in [3.05, 3.63) is 53.3 Å². The van der Waals surface area contributed by atoms with E-state index in [-0.39, 0.29) is 0 Å². The second kappa shape index (κ2) is 7.64. The van der Waals surface area contributed by atoms with Gasteiger partial charge in [0.05, 0.1) is 19.9 Å². The van der Waals surface area contributed by atoms with Crippen molar-refractivity contribution in [2.75, 3.05) is 20.8 Å². The molecule has 2 rings (SSSR count).